The molecule has 0 unspecified atom stereocenters. The molecular formula is C22H22Cl3N5O2S. The van der Waals surface area contributed by atoms with E-state index in [0.29, 0.717) is 37.3 Å². The fourth-order valence-corrected chi connectivity index (χ4v) is 4.12. The van der Waals surface area contributed by atoms with Gasteiger partial charge in [-0.15, -0.1) is 10.2 Å². The molecule has 3 rings (SSSR count). The van der Waals surface area contributed by atoms with Crippen molar-refractivity contribution in [2.45, 2.75) is 25.0 Å². The second kappa shape index (κ2) is 11.2. The number of thioether (sulfide) groups is 1. The number of carbonyl (C=O) groups excluding carboxylic acids is 2. The van der Waals surface area contributed by atoms with E-state index in [1.807, 2.05) is 13.8 Å². The van der Waals surface area contributed by atoms with Crippen LogP contribution in [0, 0.1) is 5.92 Å². The standard InChI is InChI=1S/C22H22Cl3N5O2S/c1-12(2)19(27-21(32)13-4-6-14(23)7-5-13)20-28-29-22(30(20)3)33-11-18(31)26-15-8-9-16(24)17(25)10-15/h4-10,12,19H,11H2,1-3H3,(H,26,31)(H,27,32)/t19-/m0/s1. The minimum Gasteiger partial charge on any atom is -0.342 e. The normalized spacial score (nSPS) is 12.0. The number of halogens is 3. The Morgan fingerprint density at radius 3 is 2.36 bits per heavy atom. The number of hydrogen-bond donors (Lipinski definition) is 2. The van der Waals surface area contributed by atoms with Crippen molar-refractivity contribution < 1.29 is 9.59 Å². The average molecular weight is 527 g/mol. The highest BCUT2D eigenvalue weighted by atomic mass is 35.5. The Kier molecular flexibility index (Phi) is 8.64. The second-order valence-corrected chi connectivity index (χ2v) is 9.76. The van der Waals surface area contributed by atoms with Gasteiger partial charge in [0.1, 0.15) is 0 Å². The van der Waals surface area contributed by atoms with Gasteiger partial charge in [0.2, 0.25) is 5.91 Å². The predicted molar refractivity (Wildman–Crippen MR) is 133 cm³/mol. The average Bonchev–Trinajstić information content (AvgIpc) is 3.13. The first-order chi connectivity index (χ1) is 15.7. The van der Waals surface area contributed by atoms with Crippen molar-refractivity contribution in [2.75, 3.05) is 11.1 Å². The van der Waals surface area contributed by atoms with Crippen LogP contribution < -0.4 is 10.6 Å². The Morgan fingerprint density at radius 1 is 1.03 bits per heavy atom. The summed E-state index contributed by atoms with van der Waals surface area (Å²) in [7, 11) is 1.80. The van der Waals surface area contributed by atoms with Gasteiger partial charge in [0.25, 0.3) is 5.91 Å². The molecule has 0 bridgehead atoms. The quantitative estimate of drug-likeness (QED) is 0.371. The highest BCUT2D eigenvalue weighted by Crippen LogP contribution is 2.26. The van der Waals surface area contributed by atoms with E-state index in [9.17, 15) is 9.59 Å². The number of rotatable bonds is 8. The van der Waals surface area contributed by atoms with E-state index in [-0.39, 0.29) is 29.5 Å². The first-order valence-electron chi connectivity index (χ1n) is 9.99. The van der Waals surface area contributed by atoms with Crippen LogP contribution in [0.25, 0.3) is 0 Å². The van der Waals surface area contributed by atoms with Crippen molar-refractivity contribution in [1.29, 1.82) is 0 Å². The number of amides is 2. The number of nitrogens with zero attached hydrogens (tertiary/aromatic N) is 3. The molecule has 2 amide bonds. The van der Waals surface area contributed by atoms with Gasteiger partial charge in [-0.2, -0.15) is 0 Å². The number of carbonyl (C=O) groups is 2. The molecule has 0 fully saturated rings. The number of nitrogens with one attached hydrogen (secondary N) is 2. The summed E-state index contributed by atoms with van der Waals surface area (Å²) in [5, 5.41) is 16.2. The molecule has 2 aromatic carbocycles. The highest BCUT2D eigenvalue weighted by molar-refractivity contribution is 7.99. The summed E-state index contributed by atoms with van der Waals surface area (Å²) in [6.45, 7) is 3.97. The third-order valence-electron chi connectivity index (χ3n) is 4.74. The lowest BCUT2D eigenvalue weighted by Gasteiger charge is -2.21. The van der Waals surface area contributed by atoms with E-state index in [0.717, 1.165) is 0 Å². The smallest absolute Gasteiger partial charge is 0.251 e. The van der Waals surface area contributed by atoms with Crippen LogP contribution >= 0.6 is 46.6 Å². The van der Waals surface area contributed by atoms with Gasteiger partial charge >= 0.3 is 0 Å². The molecule has 0 saturated heterocycles. The van der Waals surface area contributed by atoms with Gasteiger partial charge in [0, 0.05) is 23.3 Å². The van der Waals surface area contributed by atoms with Crippen LogP contribution in [0.1, 0.15) is 36.1 Å². The van der Waals surface area contributed by atoms with Gasteiger partial charge < -0.3 is 15.2 Å². The molecule has 3 aromatic rings. The van der Waals surface area contributed by atoms with E-state index in [2.05, 4.69) is 20.8 Å². The Labute approximate surface area is 211 Å². The van der Waals surface area contributed by atoms with E-state index < -0.39 is 0 Å². The summed E-state index contributed by atoms with van der Waals surface area (Å²) in [5.74, 6) is 0.318. The van der Waals surface area contributed by atoms with Crippen molar-refractivity contribution >= 4 is 64.1 Å². The Morgan fingerprint density at radius 2 is 1.73 bits per heavy atom. The first kappa shape index (κ1) is 25.4. The molecule has 0 spiro atoms. The van der Waals surface area contributed by atoms with Crippen LogP contribution in [0.15, 0.2) is 47.6 Å². The molecule has 0 aliphatic heterocycles. The highest BCUT2D eigenvalue weighted by Gasteiger charge is 2.25. The lowest BCUT2D eigenvalue weighted by atomic mass is 10.0. The van der Waals surface area contributed by atoms with Crippen LogP contribution in [0.2, 0.25) is 15.1 Å². The van der Waals surface area contributed by atoms with Crippen LogP contribution in [-0.4, -0.2) is 32.3 Å². The Hall–Kier alpha value is -2.26. The Balaban J connectivity index is 1.65. The minimum absolute atomic E-state index is 0.0555. The summed E-state index contributed by atoms with van der Waals surface area (Å²) < 4.78 is 1.78. The molecule has 7 nitrogen and oxygen atoms in total. The molecule has 1 heterocycles. The number of benzene rings is 2. The molecule has 0 aliphatic rings. The maximum Gasteiger partial charge on any atom is 0.251 e. The Bertz CT molecular complexity index is 1150. The number of hydrogen-bond acceptors (Lipinski definition) is 5. The molecule has 0 saturated carbocycles. The molecular weight excluding hydrogens is 505 g/mol. The lowest BCUT2D eigenvalue weighted by Crippen LogP contribution is -2.33. The summed E-state index contributed by atoms with van der Waals surface area (Å²) in [6, 6.07) is 11.2. The van der Waals surface area contributed by atoms with Gasteiger partial charge in [-0.3, -0.25) is 9.59 Å². The number of aromatic nitrogens is 3. The zero-order valence-corrected chi connectivity index (χ0v) is 21.2. The van der Waals surface area contributed by atoms with Crippen molar-refractivity contribution in [2.24, 2.45) is 13.0 Å². The molecule has 2 N–H and O–H groups in total. The van der Waals surface area contributed by atoms with Gasteiger partial charge in [0.05, 0.1) is 21.8 Å². The predicted octanol–water partition coefficient (Wildman–Crippen LogP) is 5.63. The fourth-order valence-electron chi connectivity index (χ4n) is 2.98. The van der Waals surface area contributed by atoms with Crippen molar-refractivity contribution in [1.82, 2.24) is 20.1 Å². The van der Waals surface area contributed by atoms with Crippen LogP contribution in [0.3, 0.4) is 0 Å². The second-order valence-electron chi connectivity index (χ2n) is 7.57. The van der Waals surface area contributed by atoms with Crippen LogP contribution in [0.4, 0.5) is 5.69 Å². The van der Waals surface area contributed by atoms with Crippen molar-refractivity contribution in [3.8, 4) is 0 Å². The molecule has 0 aliphatic carbocycles. The zero-order valence-electron chi connectivity index (χ0n) is 18.1. The maximum absolute atomic E-state index is 12.7. The van der Waals surface area contributed by atoms with E-state index in [1.165, 1.54) is 11.8 Å². The SMILES string of the molecule is CC(C)[C@H](NC(=O)c1ccc(Cl)cc1)c1nnc(SCC(=O)Nc2ccc(Cl)c(Cl)c2)n1C. The number of anilines is 1. The van der Waals surface area contributed by atoms with E-state index in [4.69, 9.17) is 34.8 Å². The fraction of sp³-hybridized carbons (Fsp3) is 0.273. The monoisotopic (exact) mass is 525 g/mol. The third-order valence-corrected chi connectivity index (χ3v) is 6.75. The summed E-state index contributed by atoms with van der Waals surface area (Å²) in [6.07, 6.45) is 0. The topological polar surface area (TPSA) is 88.9 Å². The summed E-state index contributed by atoms with van der Waals surface area (Å²) in [5.41, 5.74) is 1.05. The van der Waals surface area contributed by atoms with Crippen LogP contribution in [-0.2, 0) is 11.8 Å². The molecule has 174 valence electrons. The molecule has 1 aromatic heterocycles. The van der Waals surface area contributed by atoms with Gasteiger partial charge in [-0.05, 0) is 48.4 Å². The molecule has 33 heavy (non-hydrogen) atoms. The van der Waals surface area contributed by atoms with Crippen molar-refractivity contribution in [3.05, 3.63) is 68.9 Å². The molecule has 11 heteroatoms. The molecule has 1 atom stereocenters. The van der Waals surface area contributed by atoms with E-state index in [1.54, 1.807) is 54.1 Å². The van der Waals surface area contributed by atoms with E-state index >= 15 is 0 Å². The summed E-state index contributed by atoms with van der Waals surface area (Å²) in [4.78, 5) is 25.0. The van der Waals surface area contributed by atoms with Crippen molar-refractivity contribution in [3.63, 3.8) is 0 Å². The zero-order chi connectivity index (χ0) is 24.1. The van der Waals surface area contributed by atoms with Gasteiger partial charge in [-0.1, -0.05) is 60.4 Å². The van der Waals surface area contributed by atoms with Gasteiger partial charge in [-0.25, -0.2) is 0 Å². The lowest BCUT2D eigenvalue weighted by molar-refractivity contribution is -0.113. The third kappa shape index (κ3) is 6.63. The first-order valence-corrected chi connectivity index (χ1v) is 12.1. The maximum atomic E-state index is 12.7. The largest absolute Gasteiger partial charge is 0.342 e. The molecule has 0 radical (unpaired) electrons. The minimum atomic E-state index is -0.370. The summed E-state index contributed by atoms with van der Waals surface area (Å²) >= 11 is 19.0. The van der Waals surface area contributed by atoms with Gasteiger partial charge in [0.15, 0.2) is 11.0 Å². The van der Waals surface area contributed by atoms with Crippen LogP contribution in [0.5, 0.6) is 0 Å².